The lowest BCUT2D eigenvalue weighted by molar-refractivity contribution is 0.448. The highest BCUT2D eigenvalue weighted by Gasteiger charge is 2.04. The second-order valence-corrected chi connectivity index (χ2v) is 4.74. The van der Waals surface area contributed by atoms with Gasteiger partial charge in [0.1, 0.15) is 5.82 Å². The van der Waals surface area contributed by atoms with Gasteiger partial charge in [-0.1, -0.05) is 62.2 Å². The van der Waals surface area contributed by atoms with Crippen molar-refractivity contribution in [1.29, 1.82) is 0 Å². The first-order chi connectivity index (χ1) is 10.2. The molecule has 0 heterocycles. The number of aryl methyl sites for hydroxylation is 1. The SMILES string of the molecule is CCCCCc1ccc(-c2ccccc2)cc1F.O[B]O. The van der Waals surface area contributed by atoms with Crippen LogP contribution >= 0.6 is 0 Å². The second kappa shape index (κ2) is 10.1. The van der Waals surface area contributed by atoms with E-state index in [1.54, 1.807) is 6.07 Å². The van der Waals surface area contributed by atoms with Gasteiger partial charge < -0.3 is 10.0 Å². The fraction of sp³-hybridized carbons (Fsp3) is 0.294. The molecule has 0 bridgehead atoms. The summed E-state index contributed by atoms with van der Waals surface area (Å²) in [6, 6.07) is 15.5. The Labute approximate surface area is 126 Å². The molecule has 0 aromatic heterocycles. The molecule has 21 heavy (non-hydrogen) atoms. The Hall–Kier alpha value is -1.65. The number of unbranched alkanes of at least 4 members (excludes halogenated alkanes) is 2. The average molecular weight is 287 g/mol. The molecule has 0 saturated carbocycles. The van der Waals surface area contributed by atoms with E-state index in [0.717, 1.165) is 29.5 Å². The summed E-state index contributed by atoms with van der Waals surface area (Å²) < 4.78 is 14.0. The van der Waals surface area contributed by atoms with Crippen LogP contribution in [0.15, 0.2) is 48.5 Å². The first-order valence-electron chi connectivity index (χ1n) is 7.16. The van der Waals surface area contributed by atoms with E-state index in [4.69, 9.17) is 10.0 Å². The summed E-state index contributed by atoms with van der Waals surface area (Å²) in [5.41, 5.74) is 2.85. The third kappa shape index (κ3) is 6.11. The van der Waals surface area contributed by atoms with E-state index >= 15 is 0 Å². The minimum absolute atomic E-state index is 0. The van der Waals surface area contributed by atoms with Crippen LogP contribution in [0.4, 0.5) is 4.39 Å². The fourth-order valence-electron chi connectivity index (χ4n) is 2.13. The molecule has 2 aromatic rings. The maximum Gasteiger partial charge on any atom is 0.482 e. The monoisotopic (exact) mass is 287 g/mol. The predicted octanol–water partition coefficient (Wildman–Crippen LogP) is 3.73. The van der Waals surface area contributed by atoms with Crippen LogP contribution in [0.3, 0.4) is 0 Å². The normalized spacial score (nSPS) is 9.71. The fourth-order valence-corrected chi connectivity index (χ4v) is 2.13. The van der Waals surface area contributed by atoms with Crippen LogP contribution in [0.2, 0.25) is 0 Å². The minimum atomic E-state index is -0.0764. The Bertz CT molecular complexity index is 517. The van der Waals surface area contributed by atoms with Crippen molar-refractivity contribution in [3.63, 3.8) is 0 Å². The number of hydrogen-bond acceptors (Lipinski definition) is 2. The van der Waals surface area contributed by atoms with Gasteiger partial charge in [0, 0.05) is 0 Å². The van der Waals surface area contributed by atoms with Crippen LogP contribution in [0.25, 0.3) is 11.1 Å². The van der Waals surface area contributed by atoms with Gasteiger partial charge in [0.05, 0.1) is 0 Å². The van der Waals surface area contributed by atoms with Crippen molar-refractivity contribution >= 4 is 7.69 Å². The molecule has 0 saturated heterocycles. The van der Waals surface area contributed by atoms with Gasteiger partial charge in [0.25, 0.3) is 0 Å². The van der Waals surface area contributed by atoms with Crippen LogP contribution < -0.4 is 0 Å². The van der Waals surface area contributed by atoms with Gasteiger partial charge in [-0.3, -0.25) is 0 Å². The number of rotatable bonds is 5. The molecular formula is C17H21BFO2. The summed E-state index contributed by atoms with van der Waals surface area (Å²) >= 11 is 0. The van der Waals surface area contributed by atoms with Crippen LogP contribution in [0, 0.1) is 5.82 Å². The molecule has 0 aliphatic rings. The number of hydrogen-bond donors (Lipinski definition) is 2. The van der Waals surface area contributed by atoms with Gasteiger partial charge in [-0.2, -0.15) is 0 Å². The van der Waals surface area contributed by atoms with E-state index < -0.39 is 0 Å². The quantitative estimate of drug-likeness (QED) is 0.649. The highest BCUT2D eigenvalue weighted by Crippen LogP contribution is 2.22. The first kappa shape index (κ1) is 17.4. The molecule has 0 spiro atoms. The molecular weight excluding hydrogens is 266 g/mol. The van der Waals surface area contributed by atoms with Gasteiger partial charge in [-0.05, 0) is 35.6 Å². The summed E-state index contributed by atoms with van der Waals surface area (Å²) in [5.74, 6) is -0.0764. The Morgan fingerprint density at radius 1 is 0.952 bits per heavy atom. The van der Waals surface area contributed by atoms with E-state index in [2.05, 4.69) is 6.92 Å². The standard InChI is InChI=1S/C17H19F.BH2O2/c1-2-3-5-10-15-11-12-16(13-17(15)18)14-8-6-4-7-9-14;2-1-3/h4,6-9,11-13H,2-3,5,10H2,1H3;2-3H. The lowest BCUT2D eigenvalue weighted by Gasteiger charge is -2.06. The summed E-state index contributed by atoms with van der Waals surface area (Å²) in [4.78, 5) is 0. The van der Waals surface area contributed by atoms with Gasteiger partial charge in [0.2, 0.25) is 0 Å². The predicted molar refractivity (Wildman–Crippen MR) is 85.3 cm³/mol. The van der Waals surface area contributed by atoms with Crippen molar-refractivity contribution in [1.82, 2.24) is 0 Å². The van der Waals surface area contributed by atoms with Gasteiger partial charge in [0.15, 0.2) is 0 Å². The topological polar surface area (TPSA) is 40.5 Å². The molecule has 2 aromatic carbocycles. The van der Waals surface area contributed by atoms with Crippen molar-refractivity contribution in [3.05, 3.63) is 59.9 Å². The molecule has 0 atom stereocenters. The lowest BCUT2D eigenvalue weighted by Crippen LogP contribution is -1.91. The Morgan fingerprint density at radius 3 is 2.19 bits per heavy atom. The zero-order chi connectivity index (χ0) is 15.5. The van der Waals surface area contributed by atoms with E-state index in [1.165, 1.54) is 12.8 Å². The summed E-state index contributed by atoms with van der Waals surface area (Å²) in [5, 5.41) is 14.0. The molecule has 4 heteroatoms. The van der Waals surface area contributed by atoms with Crippen molar-refractivity contribution in [2.24, 2.45) is 0 Å². The molecule has 111 valence electrons. The summed E-state index contributed by atoms with van der Waals surface area (Å²) in [7, 11) is 0. The van der Waals surface area contributed by atoms with Gasteiger partial charge in [-0.25, -0.2) is 4.39 Å². The van der Waals surface area contributed by atoms with E-state index in [9.17, 15) is 4.39 Å². The molecule has 2 N–H and O–H groups in total. The molecule has 2 nitrogen and oxygen atoms in total. The highest BCUT2D eigenvalue weighted by atomic mass is 19.1. The van der Waals surface area contributed by atoms with E-state index in [1.807, 2.05) is 42.5 Å². The van der Waals surface area contributed by atoms with E-state index in [0.29, 0.717) is 0 Å². The second-order valence-electron chi connectivity index (χ2n) is 4.74. The van der Waals surface area contributed by atoms with Crippen molar-refractivity contribution in [3.8, 4) is 11.1 Å². The van der Waals surface area contributed by atoms with Crippen LogP contribution in [-0.4, -0.2) is 17.7 Å². The van der Waals surface area contributed by atoms with Gasteiger partial charge >= 0.3 is 7.69 Å². The third-order valence-corrected chi connectivity index (χ3v) is 3.21. The highest BCUT2D eigenvalue weighted by molar-refractivity contribution is 6.13. The number of benzene rings is 2. The average Bonchev–Trinajstić information content (AvgIpc) is 2.51. The Balaban J connectivity index is 0.000000677. The number of halogens is 1. The minimum Gasteiger partial charge on any atom is -0.429 e. The largest absolute Gasteiger partial charge is 0.482 e. The zero-order valence-electron chi connectivity index (χ0n) is 12.3. The molecule has 2 rings (SSSR count). The smallest absolute Gasteiger partial charge is 0.429 e. The van der Waals surface area contributed by atoms with Crippen LogP contribution in [0.1, 0.15) is 31.7 Å². The van der Waals surface area contributed by atoms with Crippen molar-refractivity contribution in [2.45, 2.75) is 32.6 Å². The molecule has 0 unspecified atom stereocenters. The Kier molecular flexibility index (Phi) is 8.40. The lowest BCUT2D eigenvalue weighted by atomic mass is 10.0. The van der Waals surface area contributed by atoms with Crippen LogP contribution in [-0.2, 0) is 6.42 Å². The maximum absolute atomic E-state index is 14.0. The molecule has 0 aliphatic carbocycles. The van der Waals surface area contributed by atoms with Gasteiger partial charge in [-0.15, -0.1) is 0 Å². The third-order valence-electron chi connectivity index (χ3n) is 3.21. The molecule has 0 aliphatic heterocycles. The molecule has 1 radical (unpaired) electrons. The molecule has 0 amide bonds. The Morgan fingerprint density at radius 2 is 1.62 bits per heavy atom. The summed E-state index contributed by atoms with van der Waals surface area (Å²) in [6.45, 7) is 2.16. The summed E-state index contributed by atoms with van der Waals surface area (Å²) in [6.07, 6.45) is 4.25. The van der Waals surface area contributed by atoms with Crippen molar-refractivity contribution < 1.29 is 14.4 Å². The van der Waals surface area contributed by atoms with Crippen molar-refractivity contribution in [2.75, 3.05) is 0 Å². The zero-order valence-corrected chi connectivity index (χ0v) is 12.3. The molecule has 0 fully saturated rings. The van der Waals surface area contributed by atoms with E-state index in [-0.39, 0.29) is 13.5 Å². The first-order valence-corrected chi connectivity index (χ1v) is 7.16. The van der Waals surface area contributed by atoms with Crippen LogP contribution in [0.5, 0.6) is 0 Å². The maximum atomic E-state index is 14.0.